The van der Waals surface area contributed by atoms with E-state index in [4.69, 9.17) is 10.3 Å². The zero-order valence-electron chi connectivity index (χ0n) is 8.91. The predicted octanol–water partition coefficient (Wildman–Crippen LogP) is 1.05. The molecule has 82 valence electrons. The van der Waals surface area contributed by atoms with Crippen LogP contribution >= 0.6 is 0 Å². The van der Waals surface area contributed by atoms with E-state index in [1.807, 2.05) is 0 Å². The van der Waals surface area contributed by atoms with Crippen LogP contribution in [0.2, 0.25) is 0 Å². The van der Waals surface area contributed by atoms with Gasteiger partial charge < -0.3 is 15.6 Å². The van der Waals surface area contributed by atoms with E-state index in [9.17, 15) is 4.79 Å². The molecule has 1 unspecified atom stereocenters. The third-order valence-corrected chi connectivity index (χ3v) is 2.78. The summed E-state index contributed by atoms with van der Waals surface area (Å²) in [6.45, 7) is 3.53. The fraction of sp³-hybridized carbons (Fsp3) is 0.600. The number of carbonyl (C=O) groups is 1. The van der Waals surface area contributed by atoms with Gasteiger partial charge in [-0.05, 0) is 32.6 Å². The van der Waals surface area contributed by atoms with Crippen LogP contribution in [0, 0.1) is 12.8 Å². The van der Waals surface area contributed by atoms with E-state index in [1.54, 1.807) is 19.9 Å². The molecule has 1 fully saturated rings. The summed E-state index contributed by atoms with van der Waals surface area (Å²) in [6.07, 6.45) is 2.05. The molecule has 0 radical (unpaired) electrons. The first kappa shape index (κ1) is 10.2. The minimum Gasteiger partial charge on any atom is -0.360 e. The van der Waals surface area contributed by atoms with Crippen LogP contribution in [0.3, 0.4) is 0 Å². The first-order chi connectivity index (χ1) is 7.00. The summed E-state index contributed by atoms with van der Waals surface area (Å²) in [5, 5.41) is 6.34. The maximum absolute atomic E-state index is 11.8. The van der Waals surface area contributed by atoms with Crippen molar-refractivity contribution in [2.75, 3.05) is 5.32 Å². The fourth-order valence-electron chi connectivity index (χ4n) is 1.54. The van der Waals surface area contributed by atoms with Crippen LogP contribution in [0.1, 0.15) is 25.5 Å². The second-order valence-electron chi connectivity index (χ2n) is 4.33. The maximum Gasteiger partial charge on any atom is 0.245 e. The number of aromatic nitrogens is 1. The lowest BCUT2D eigenvalue weighted by molar-refractivity contribution is -0.121. The van der Waals surface area contributed by atoms with Crippen LogP contribution in [-0.2, 0) is 4.79 Å². The predicted molar refractivity (Wildman–Crippen MR) is 55.2 cm³/mol. The average molecular weight is 209 g/mol. The molecule has 5 heteroatoms. The zero-order chi connectivity index (χ0) is 11.1. The number of carbonyl (C=O) groups excluding carboxylic acids is 1. The Morgan fingerprint density at radius 2 is 2.40 bits per heavy atom. The van der Waals surface area contributed by atoms with Crippen LogP contribution in [0.4, 0.5) is 5.82 Å². The van der Waals surface area contributed by atoms with Gasteiger partial charge in [-0.25, -0.2) is 0 Å². The third kappa shape index (κ3) is 2.02. The normalized spacial score (nSPS) is 19.7. The number of rotatable bonds is 3. The monoisotopic (exact) mass is 209 g/mol. The van der Waals surface area contributed by atoms with Crippen molar-refractivity contribution in [2.24, 2.45) is 11.7 Å². The van der Waals surface area contributed by atoms with Crippen LogP contribution < -0.4 is 11.1 Å². The van der Waals surface area contributed by atoms with Gasteiger partial charge in [-0.3, -0.25) is 4.79 Å². The molecule has 2 rings (SSSR count). The summed E-state index contributed by atoms with van der Waals surface area (Å²) in [6, 6.07) is 1.67. The van der Waals surface area contributed by atoms with Gasteiger partial charge in [-0.2, -0.15) is 0 Å². The molecule has 1 aromatic rings. The zero-order valence-corrected chi connectivity index (χ0v) is 8.91. The molecule has 1 atom stereocenters. The Bertz CT molecular complexity index is 380. The van der Waals surface area contributed by atoms with E-state index in [1.165, 1.54) is 0 Å². The van der Waals surface area contributed by atoms with Crippen LogP contribution in [0.25, 0.3) is 0 Å². The van der Waals surface area contributed by atoms with Crippen molar-refractivity contribution >= 4 is 11.7 Å². The quantitative estimate of drug-likeness (QED) is 0.779. The molecule has 0 saturated heterocycles. The number of nitrogens with zero attached hydrogens (tertiary/aromatic N) is 1. The topological polar surface area (TPSA) is 81.2 Å². The Morgan fingerprint density at radius 1 is 1.73 bits per heavy atom. The number of hydrogen-bond acceptors (Lipinski definition) is 4. The highest BCUT2D eigenvalue weighted by molar-refractivity contribution is 5.97. The van der Waals surface area contributed by atoms with Gasteiger partial charge in [0.1, 0.15) is 5.76 Å². The molecule has 1 heterocycles. The third-order valence-electron chi connectivity index (χ3n) is 2.78. The van der Waals surface area contributed by atoms with Crippen molar-refractivity contribution < 1.29 is 9.32 Å². The SMILES string of the molecule is Cc1cc(NC(=O)C(C)(N)C2CC2)no1. The van der Waals surface area contributed by atoms with E-state index >= 15 is 0 Å². The summed E-state index contributed by atoms with van der Waals surface area (Å²) in [5.41, 5.74) is 5.15. The lowest BCUT2D eigenvalue weighted by atomic mass is 9.96. The fourth-order valence-corrected chi connectivity index (χ4v) is 1.54. The maximum atomic E-state index is 11.8. The largest absolute Gasteiger partial charge is 0.360 e. The van der Waals surface area contributed by atoms with Gasteiger partial charge in [0.25, 0.3) is 0 Å². The van der Waals surface area contributed by atoms with Crippen LogP contribution in [0.15, 0.2) is 10.6 Å². The molecule has 1 aliphatic rings. The minimum atomic E-state index is -0.799. The molecule has 1 saturated carbocycles. The van der Waals surface area contributed by atoms with Crippen LogP contribution in [-0.4, -0.2) is 16.6 Å². The highest BCUT2D eigenvalue weighted by Crippen LogP contribution is 2.38. The highest BCUT2D eigenvalue weighted by Gasteiger charge is 2.44. The Morgan fingerprint density at radius 3 is 2.87 bits per heavy atom. The van der Waals surface area contributed by atoms with Gasteiger partial charge in [0.05, 0.1) is 5.54 Å². The van der Waals surface area contributed by atoms with E-state index in [0.29, 0.717) is 17.5 Å². The number of amides is 1. The van der Waals surface area contributed by atoms with Crippen LogP contribution in [0.5, 0.6) is 0 Å². The smallest absolute Gasteiger partial charge is 0.245 e. The summed E-state index contributed by atoms with van der Waals surface area (Å²) in [4.78, 5) is 11.8. The van der Waals surface area contributed by atoms with Gasteiger partial charge in [0, 0.05) is 6.07 Å². The molecule has 0 aromatic carbocycles. The average Bonchev–Trinajstić information content (AvgIpc) is 2.92. The molecule has 15 heavy (non-hydrogen) atoms. The molecular weight excluding hydrogens is 194 g/mol. The van der Waals surface area contributed by atoms with E-state index < -0.39 is 5.54 Å². The molecule has 1 aromatic heterocycles. The van der Waals surface area contributed by atoms with Crippen molar-refractivity contribution in [3.63, 3.8) is 0 Å². The van der Waals surface area contributed by atoms with Gasteiger partial charge in [-0.15, -0.1) is 0 Å². The van der Waals surface area contributed by atoms with Crippen molar-refractivity contribution in [3.05, 3.63) is 11.8 Å². The van der Waals surface area contributed by atoms with E-state index in [-0.39, 0.29) is 5.91 Å². The van der Waals surface area contributed by atoms with Gasteiger partial charge in [0.15, 0.2) is 5.82 Å². The molecule has 0 aliphatic heterocycles. The minimum absolute atomic E-state index is 0.196. The Labute approximate surface area is 88.0 Å². The standard InChI is InChI=1S/C10H15N3O2/c1-6-5-8(13-15-6)12-9(14)10(2,11)7-3-4-7/h5,7H,3-4,11H2,1-2H3,(H,12,13,14). The molecule has 1 aliphatic carbocycles. The summed E-state index contributed by atoms with van der Waals surface area (Å²) in [5.74, 6) is 1.19. The highest BCUT2D eigenvalue weighted by atomic mass is 16.5. The summed E-state index contributed by atoms with van der Waals surface area (Å²) in [7, 11) is 0. The van der Waals surface area contributed by atoms with Crippen molar-refractivity contribution in [3.8, 4) is 0 Å². The van der Waals surface area contributed by atoms with Gasteiger partial charge >= 0.3 is 0 Å². The molecule has 0 spiro atoms. The van der Waals surface area contributed by atoms with E-state index in [2.05, 4.69) is 10.5 Å². The number of nitrogens with two attached hydrogens (primary N) is 1. The molecule has 1 amide bonds. The lowest BCUT2D eigenvalue weighted by Crippen LogP contribution is -2.50. The number of hydrogen-bond donors (Lipinski definition) is 2. The van der Waals surface area contributed by atoms with Crippen molar-refractivity contribution in [2.45, 2.75) is 32.2 Å². The number of nitrogens with one attached hydrogen (secondary N) is 1. The van der Waals surface area contributed by atoms with Gasteiger partial charge in [-0.1, -0.05) is 5.16 Å². The van der Waals surface area contributed by atoms with Gasteiger partial charge in [0.2, 0.25) is 5.91 Å². The first-order valence-electron chi connectivity index (χ1n) is 5.04. The summed E-state index contributed by atoms with van der Waals surface area (Å²) < 4.78 is 4.85. The Hall–Kier alpha value is -1.36. The number of anilines is 1. The molecular formula is C10H15N3O2. The molecule has 5 nitrogen and oxygen atoms in total. The first-order valence-corrected chi connectivity index (χ1v) is 5.04. The Balaban J connectivity index is 2.03. The van der Waals surface area contributed by atoms with E-state index in [0.717, 1.165) is 12.8 Å². The lowest BCUT2D eigenvalue weighted by Gasteiger charge is -2.22. The van der Waals surface area contributed by atoms with Crippen molar-refractivity contribution in [1.29, 1.82) is 0 Å². The Kier molecular flexibility index (Phi) is 2.26. The number of aryl methyl sites for hydroxylation is 1. The molecule has 3 N–H and O–H groups in total. The second-order valence-corrected chi connectivity index (χ2v) is 4.33. The summed E-state index contributed by atoms with van der Waals surface area (Å²) >= 11 is 0. The second kappa shape index (κ2) is 3.34. The molecule has 0 bridgehead atoms. The van der Waals surface area contributed by atoms with Crippen molar-refractivity contribution in [1.82, 2.24) is 5.16 Å².